The molecule has 0 spiro atoms. The number of hydrogen-bond donors (Lipinski definition) is 1. The first-order valence-electron chi connectivity index (χ1n) is 5.16. The molecule has 0 aliphatic carbocycles. The van der Waals surface area contributed by atoms with Crippen molar-refractivity contribution in [2.45, 2.75) is 38.1 Å². The Kier molecular flexibility index (Phi) is 2.85. The molecule has 1 N–H and O–H groups in total. The van der Waals surface area contributed by atoms with E-state index in [-0.39, 0.29) is 6.10 Å². The summed E-state index contributed by atoms with van der Waals surface area (Å²) in [5, 5.41) is 10.0. The van der Waals surface area contributed by atoms with Gasteiger partial charge in [0.1, 0.15) is 6.10 Å². The summed E-state index contributed by atoms with van der Waals surface area (Å²) < 4.78 is 5.63. The van der Waals surface area contributed by atoms with Gasteiger partial charge in [-0.2, -0.15) is 0 Å². The molecule has 2 rings (SSSR count). The van der Waals surface area contributed by atoms with Crippen LogP contribution in [0.25, 0.3) is 0 Å². The Morgan fingerprint density at radius 3 is 2.57 bits per heavy atom. The topological polar surface area (TPSA) is 29.5 Å². The zero-order chi connectivity index (χ0) is 9.97. The Labute approximate surface area is 84.5 Å². The Morgan fingerprint density at radius 2 is 2.00 bits per heavy atom. The van der Waals surface area contributed by atoms with Crippen LogP contribution in [0.4, 0.5) is 0 Å². The summed E-state index contributed by atoms with van der Waals surface area (Å²) in [6, 6.07) is 9.72. The van der Waals surface area contributed by atoms with Crippen LogP contribution in [-0.4, -0.2) is 17.3 Å². The molecule has 1 aromatic carbocycles. The third-order valence-electron chi connectivity index (χ3n) is 2.76. The highest BCUT2D eigenvalue weighted by Gasteiger charge is 2.28. The van der Waals surface area contributed by atoms with Crippen LogP contribution in [0, 0.1) is 0 Å². The summed E-state index contributed by atoms with van der Waals surface area (Å²) in [4.78, 5) is 0. The van der Waals surface area contributed by atoms with Gasteiger partial charge in [0, 0.05) is 0 Å². The standard InChI is InChI=1S/C12H16O2/c1-9-7-8-11(14-9)12(13)10-5-3-2-4-6-10/h2-6,9,11-13H,7-8H2,1H3. The van der Waals surface area contributed by atoms with Crippen molar-refractivity contribution in [1.82, 2.24) is 0 Å². The molecule has 1 fully saturated rings. The average Bonchev–Trinajstić information content (AvgIpc) is 2.65. The number of aliphatic hydroxyl groups excluding tert-OH is 1. The van der Waals surface area contributed by atoms with Crippen LogP contribution in [0.3, 0.4) is 0 Å². The van der Waals surface area contributed by atoms with Gasteiger partial charge in [-0.15, -0.1) is 0 Å². The maximum absolute atomic E-state index is 10.0. The van der Waals surface area contributed by atoms with Crippen molar-refractivity contribution < 1.29 is 9.84 Å². The summed E-state index contributed by atoms with van der Waals surface area (Å²) >= 11 is 0. The van der Waals surface area contributed by atoms with Crippen molar-refractivity contribution in [3.05, 3.63) is 35.9 Å². The minimum atomic E-state index is -0.471. The molecule has 1 aliphatic rings. The summed E-state index contributed by atoms with van der Waals surface area (Å²) in [6.45, 7) is 2.05. The van der Waals surface area contributed by atoms with Crippen molar-refractivity contribution in [3.8, 4) is 0 Å². The first-order chi connectivity index (χ1) is 6.77. The second-order valence-electron chi connectivity index (χ2n) is 3.92. The highest BCUT2D eigenvalue weighted by Crippen LogP contribution is 2.29. The van der Waals surface area contributed by atoms with Crippen molar-refractivity contribution in [2.75, 3.05) is 0 Å². The minimum absolute atomic E-state index is 0.0209. The van der Waals surface area contributed by atoms with Gasteiger partial charge in [-0.3, -0.25) is 0 Å². The van der Waals surface area contributed by atoms with Crippen molar-refractivity contribution in [1.29, 1.82) is 0 Å². The van der Waals surface area contributed by atoms with Crippen molar-refractivity contribution >= 4 is 0 Å². The fourth-order valence-electron chi connectivity index (χ4n) is 1.93. The molecule has 1 aromatic rings. The Balaban J connectivity index is 2.05. The molecule has 0 radical (unpaired) electrons. The van der Waals surface area contributed by atoms with Gasteiger partial charge in [0.15, 0.2) is 0 Å². The highest BCUT2D eigenvalue weighted by atomic mass is 16.5. The molecule has 14 heavy (non-hydrogen) atoms. The van der Waals surface area contributed by atoms with Crippen LogP contribution in [0.2, 0.25) is 0 Å². The summed E-state index contributed by atoms with van der Waals surface area (Å²) in [6.07, 6.45) is 1.80. The fraction of sp³-hybridized carbons (Fsp3) is 0.500. The maximum Gasteiger partial charge on any atom is 0.105 e. The molecule has 1 aliphatic heterocycles. The Bertz CT molecular complexity index is 284. The normalized spacial score (nSPS) is 29.0. The molecule has 1 saturated heterocycles. The van der Waals surface area contributed by atoms with Crippen LogP contribution >= 0.6 is 0 Å². The van der Waals surface area contributed by atoms with Crippen LogP contribution in [0.5, 0.6) is 0 Å². The molecule has 0 saturated carbocycles. The molecular formula is C12H16O2. The Hall–Kier alpha value is -0.860. The smallest absolute Gasteiger partial charge is 0.105 e. The lowest BCUT2D eigenvalue weighted by Crippen LogP contribution is -2.18. The van der Waals surface area contributed by atoms with E-state index in [1.165, 1.54) is 0 Å². The maximum atomic E-state index is 10.0. The van der Waals surface area contributed by atoms with Crippen LogP contribution < -0.4 is 0 Å². The van der Waals surface area contributed by atoms with Gasteiger partial charge in [-0.25, -0.2) is 0 Å². The molecule has 3 atom stereocenters. The molecule has 2 heteroatoms. The quantitative estimate of drug-likeness (QED) is 0.779. The number of hydrogen-bond acceptors (Lipinski definition) is 2. The van der Waals surface area contributed by atoms with Gasteiger partial charge in [0.2, 0.25) is 0 Å². The van der Waals surface area contributed by atoms with Gasteiger partial charge in [-0.05, 0) is 25.3 Å². The molecule has 0 amide bonds. The summed E-state index contributed by atoms with van der Waals surface area (Å²) in [7, 11) is 0. The van der Waals surface area contributed by atoms with E-state index in [2.05, 4.69) is 6.92 Å². The molecule has 0 aromatic heterocycles. The van der Waals surface area contributed by atoms with E-state index in [1.807, 2.05) is 30.3 Å². The van der Waals surface area contributed by atoms with E-state index in [0.29, 0.717) is 6.10 Å². The van der Waals surface area contributed by atoms with E-state index in [1.54, 1.807) is 0 Å². The first kappa shape index (κ1) is 9.69. The SMILES string of the molecule is CC1CCC(C(O)c2ccccc2)O1. The monoisotopic (exact) mass is 192 g/mol. The zero-order valence-electron chi connectivity index (χ0n) is 8.39. The lowest BCUT2D eigenvalue weighted by Gasteiger charge is -2.18. The largest absolute Gasteiger partial charge is 0.386 e. The van der Waals surface area contributed by atoms with Crippen LogP contribution in [0.15, 0.2) is 30.3 Å². The molecule has 76 valence electrons. The first-order valence-corrected chi connectivity index (χ1v) is 5.16. The highest BCUT2D eigenvalue weighted by molar-refractivity contribution is 5.18. The van der Waals surface area contributed by atoms with Crippen LogP contribution in [-0.2, 0) is 4.74 Å². The molecular weight excluding hydrogens is 176 g/mol. The minimum Gasteiger partial charge on any atom is -0.386 e. The van der Waals surface area contributed by atoms with Gasteiger partial charge in [0.05, 0.1) is 12.2 Å². The van der Waals surface area contributed by atoms with Crippen LogP contribution in [0.1, 0.15) is 31.4 Å². The number of rotatable bonds is 2. The van der Waals surface area contributed by atoms with E-state index in [0.717, 1.165) is 18.4 Å². The van der Waals surface area contributed by atoms with E-state index < -0.39 is 6.10 Å². The number of aliphatic hydroxyl groups is 1. The van der Waals surface area contributed by atoms with Crippen molar-refractivity contribution in [3.63, 3.8) is 0 Å². The predicted molar refractivity (Wildman–Crippen MR) is 55.0 cm³/mol. The fourth-order valence-corrected chi connectivity index (χ4v) is 1.93. The number of ether oxygens (including phenoxy) is 1. The van der Waals surface area contributed by atoms with Gasteiger partial charge < -0.3 is 9.84 Å². The Morgan fingerprint density at radius 1 is 1.29 bits per heavy atom. The van der Waals surface area contributed by atoms with Gasteiger partial charge in [0.25, 0.3) is 0 Å². The molecule has 0 bridgehead atoms. The molecule has 1 heterocycles. The summed E-state index contributed by atoms with van der Waals surface area (Å²) in [5.74, 6) is 0. The van der Waals surface area contributed by atoms with E-state index in [9.17, 15) is 5.11 Å². The predicted octanol–water partition coefficient (Wildman–Crippen LogP) is 2.29. The zero-order valence-corrected chi connectivity index (χ0v) is 8.39. The van der Waals surface area contributed by atoms with E-state index in [4.69, 9.17) is 4.74 Å². The molecule has 3 unspecified atom stereocenters. The molecule has 2 nitrogen and oxygen atoms in total. The third kappa shape index (κ3) is 1.97. The van der Waals surface area contributed by atoms with Gasteiger partial charge in [-0.1, -0.05) is 30.3 Å². The van der Waals surface area contributed by atoms with E-state index >= 15 is 0 Å². The lowest BCUT2D eigenvalue weighted by molar-refractivity contribution is -0.0297. The summed E-state index contributed by atoms with van der Waals surface area (Å²) in [5.41, 5.74) is 0.951. The van der Waals surface area contributed by atoms with Crippen molar-refractivity contribution in [2.24, 2.45) is 0 Å². The second-order valence-corrected chi connectivity index (χ2v) is 3.92. The lowest BCUT2D eigenvalue weighted by atomic mass is 10.0. The third-order valence-corrected chi connectivity index (χ3v) is 2.76. The second kappa shape index (κ2) is 4.11. The van der Waals surface area contributed by atoms with Gasteiger partial charge >= 0.3 is 0 Å². The number of benzene rings is 1. The average molecular weight is 192 g/mol.